The van der Waals surface area contributed by atoms with Crippen LogP contribution < -0.4 is 5.73 Å². The van der Waals surface area contributed by atoms with E-state index in [1.54, 1.807) is 0 Å². The van der Waals surface area contributed by atoms with Crippen molar-refractivity contribution in [3.63, 3.8) is 0 Å². The first-order valence-electron chi connectivity index (χ1n) is 8.30. The molecule has 21 heavy (non-hydrogen) atoms. The Morgan fingerprint density at radius 2 is 1.90 bits per heavy atom. The van der Waals surface area contributed by atoms with Crippen LogP contribution in [-0.4, -0.2) is 12.6 Å². The van der Waals surface area contributed by atoms with Crippen molar-refractivity contribution in [3.8, 4) is 0 Å². The number of nitrogens with two attached hydrogens (primary N) is 1. The Bertz CT molecular complexity index is 507. The van der Waals surface area contributed by atoms with Gasteiger partial charge in [0.05, 0.1) is 12.2 Å². The zero-order valence-electron chi connectivity index (χ0n) is 13.9. The molecular formula is C19H29NO. The van der Waals surface area contributed by atoms with E-state index in [0.717, 1.165) is 5.92 Å². The molecule has 2 aliphatic carbocycles. The molecule has 1 aromatic carbocycles. The number of benzene rings is 1. The molecule has 2 saturated carbocycles. The zero-order valence-corrected chi connectivity index (χ0v) is 13.9. The summed E-state index contributed by atoms with van der Waals surface area (Å²) in [6.45, 7) is 9.95. The fraction of sp³-hybridized carbons (Fsp3) is 0.684. The van der Waals surface area contributed by atoms with Gasteiger partial charge in [-0.25, -0.2) is 0 Å². The first kappa shape index (κ1) is 15.1. The topological polar surface area (TPSA) is 35.2 Å². The van der Waals surface area contributed by atoms with Crippen molar-refractivity contribution in [3.05, 3.63) is 35.4 Å². The van der Waals surface area contributed by atoms with Gasteiger partial charge in [-0.3, -0.25) is 0 Å². The lowest BCUT2D eigenvalue weighted by atomic mass is 9.70. The third-order valence-corrected chi connectivity index (χ3v) is 6.71. The van der Waals surface area contributed by atoms with Crippen molar-refractivity contribution in [1.29, 1.82) is 0 Å². The molecule has 0 aromatic heterocycles. The Hall–Kier alpha value is -0.860. The summed E-state index contributed by atoms with van der Waals surface area (Å²) in [6.07, 6.45) is 4.23. The molecule has 2 fully saturated rings. The molecule has 2 aliphatic rings. The Balaban J connectivity index is 1.78. The number of ether oxygens (including phenoxy) is 1. The monoisotopic (exact) mass is 287 g/mol. The van der Waals surface area contributed by atoms with Gasteiger partial charge in [0, 0.05) is 6.54 Å². The van der Waals surface area contributed by atoms with E-state index in [4.69, 9.17) is 10.5 Å². The standard InChI is InChI=1S/C19H29NO/c1-13-5-7-14(8-6-13)16(12-20)21-17-11-15-9-10-19(17,4)18(15,2)3/h5-8,15-17H,9-12,20H2,1-4H3. The maximum Gasteiger partial charge on any atom is 0.0951 e. The van der Waals surface area contributed by atoms with Gasteiger partial charge in [0.2, 0.25) is 0 Å². The summed E-state index contributed by atoms with van der Waals surface area (Å²) >= 11 is 0. The van der Waals surface area contributed by atoms with Crippen LogP contribution in [0.5, 0.6) is 0 Å². The first-order chi connectivity index (χ1) is 9.88. The van der Waals surface area contributed by atoms with Crippen LogP contribution in [0.3, 0.4) is 0 Å². The van der Waals surface area contributed by atoms with E-state index in [9.17, 15) is 0 Å². The average molecular weight is 287 g/mol. The van der Waals surface area contributed by atoms with Crippen LogP contribution in [0, 0.1) is 23.7 Å². The predicted octanol–water partition coefficient (Wildman–Crippen LogP) is 4.23. The fourth-order valence-corrected chi connectivity index (χ4v) is 4.59. The van der Waals surface area contributed by atoms with E-state index in [1.165, 1.54) is 30.4 Å². The molecule has 0 heterocycles. The largest absolute Gasteiger partial charge is 0.368 e. The van der Waals surface area contributed by atoms with Crippen LogP contribution in [0.25, 0.3) is 0 Å². The molecule has 4 atom stereocenters. The molecule has 4 unspecified atom stereocenters. The van der Waals surface area contributed by atoms with Crippen molar-refractivity contribution in [2.24, 2.45) is 22.5 Å². The average Bonchev–Trinajstić information content (AvgIpc) is 2.79. The zero-order chi connectivity index (χ0) is 15.3. The molecular weight excluding hydrogens is 258 g/mol. The van der Waals surface area contributed by atoms with Crippen molar-refractivity contribution in [1.82, 2.24) is 0 Å². The van der Waals surface area contributed by atoms with Gasteiger partial charge >= 0.3 is 0 Å². The summed E-state index contributed by atoms with van der Waals surface area (Å²) in [5.41, 5.74) is 9.19. The minimum absolute atomic E-state index is 0.0302. The van der Waals surface area contributed by atoms with Gasteiger partial charge in [0.1, 0.15) is 0 Å². The SMILES string of the molecule is Cc1ccc(C(CN)OC2CC3CCC2(C)C3(C)C)cc1. The van der Waals surface area contributed by atoms with Crippen LogP contribution >= 0.6 is 0 Å². The summed E-state index contributed by atoms with van der Waals surface area (Å²) in [5, 5.41) is 0. The van der Waals surface area contributed by atoms with Gasteiger partial charge in [0.25, 0.3) is 0 Å². The number of fused-ring (bicyclic) bond motifs is 2. The molecule has 2 heteroatoms. The number of hydrogen-bond acceptors (Lipinski definition) is 2. The van der Waals surface area contributed by atoms with E-state index in [-0.39, 0.29) is 6.10 Å². The first-order valence-corrected chi connectivity index (χ1v) is 8.30. The minimum atomic E-state index is 0.0302. The predicted molar refractivity (Wildman–Crippen MR) is 87.1 cm³/mol. The summed E-state index contributed by atoms with van der Waals surface area (Å²) in [7, 11) is 0. The van der Waals surface area contributed by atoms with Crippen molar-refractivity contribution in [2.75, 3.05) is 6.54 Å². The van der Waals surface area contributed by atoms with Crippen molar-refractivity contribution in [2.45, 2.75) is 59.2 Å². The lowest BCUT2D eigenvalue weighted by Crippen LogP contribution is -2.38. The van der Waals surface area contributed by atoms with Gasteiger partial charge in [0.15, 0.2) is 0 Å². The molecule has 0 amide bonds. The second-order valence-corrected chi connectivity index (χ2v) is 7.87. The summed E-state index contributed by atoms with van der Waals surface area (Å²) in [5.74, 6) is 0.809. The second kappa shape index (κ2) is 5.10. The Morgan fingerprint density at radius 3 is 2.38 bits per heavy atom. The van der Waals surface area contributed by atoms with E-state index in [0.29, 0.717) is 23.5 Å². The third kappa shape index (κ3) is 2.24. The summed E-state index contributed by atoms with van der Waals surface area (Å²) in [6, 6.07) is 8.61. The Morgan fingerprint density at radius 1 is 1.24 bits per heavy atom. The molecule has 2 N–H and O–H groups in total. The van der Waals surface area contributed by atoms with Crippen LogP contribution in [0.15, 0.2) is 24.3 Å². The van der Waals surface area contributed by atoms with Crippen LogP contribution in [0.1, 0.15) is 57.3 Å². The van der Waals surface area contributed by atoms with Crippen molar-refractivity contribution < 1.29 is 4.74 Å². The minimum Gasteiger partial charge on any atom is -0.368 e. The van der Waals surface area contributed by atoms with Gasteiger partial charge in [-0.1, -0.05) is 50.6 Å². The van der Waals surface area contributed by atoms with Crippen LogP contribution in [0.4, 0.5) is 0 Å². The van der Waals surface area contributed by atoms with Gasteiger partial charge in [-0.2, -0.15) is 0 Å². The molecule has 0 radical (unpaired) electrons. The highest BCUT2D eigenvalue weighted by Crippen LogP contribution is 2.66. The van der Waals surface area contributed by atoms with Crippen LogP contribution in [0.2, 0.25) is 0 Å². The Labute approximate surface area is 129 Å². The van der Waals surface area contributed by atoms with Crippen molar-refractivity contribution >= 4 is 0 Å². The lowest BCUT2D eigenvalue weighted by molar-refractivity contribution is -0.0849. The quantitative estimate of drug-likeness (QED) is 0.899. The van der Waals surface area contributed by atoms with Gasteiger partial charge in [-0.05, 0) is 48.5 Å². The Kier molecular flexibility index (Phi) is 3.66. The van der Waals surface area contributed by atoms with E-state index in [1.807, 2.05) is 0 Å². The lowest BCUT2D eigenvalue weighted by Gasteiger charge is -2.40. The third-order valence-electron chi connectivity index (χ3n) is 6.71. The molecule has 0 spiro atoms. The summed E-state index contributed by atoms with van der Waals surface area (Å²) in [4.78, 5) is 0. The number of aryl methyl sites for hydroxylation is 1. The molecule has 1 aromatic rings. The molecule has 0 aliphatic heterocycles. The highest BCUT2D eigenvalue weighted by atomic mass is 16.5. The second-order valence-electron chi connectivity index (χ2n) is 7.87. The molecule has 3 rings (SSSR count). The number of hydrogen-bond donors (Lipinski definition) is 1. The molecule has 2 nitrogen and oxygen atoms in total. The fourth-order valence-electron chi connectivity index (χ4n) is 4.59. The van der Waals surface area contributed by atoms with Gasteiger partial charge in [-0.15, -0.1) is 0 Å². The maximum absolute atomic E-state index is 6.53. The van der Waals surface area contributed by atoms with Gasteiger partial charge < -0.3 is 10.5 Å². The maximum atomic E-state index is 6.53. The molecule has 116 valence electrons. The summed E-state index contributed by atoms with van der Waals surface area (Å²) < 4.78 is 6.53. The molecule has 0 saturated heterocycles. The van der Waals surface area contributed by atoms with Crippen LogP contribution in [-0.2, 0) is 4.74 Å². The highest BCUT2D eigenvalue weighted by Gasteiger charge is 2.62. The highest BCUT2D eigenvalue weighted by molar-refractivity contribution is 5.24. The van der Waals surface area contributed by atoms with E-state index in [2.05, 4.69) is 52.0 Å². The van der Waals surface area contributed by atoms with E-state index >= 15 is 0 Å². The van der Waals surface area contributed by atoms with E-state index < -0.39 is 0 Å². The normalized spacial score (nSPS) is 35.1. The molecule has 2 bridgehead atoms. The number of rotatable bonds is 4. The smallest absolute Gasteiger partial charge is 0.0951 e.